The maximum Gasteiger partial charge on any atom is 0.240 e. The number of hydrogen-bond donors (Lipinski definition) is 0. The van der Waals surface area contributed by atoms with Crippen LogP contribution in [0.15, 0.2) is 59.8 Å². The Labute approximate surface area is 182 Å². The highest BCUT2D eigenvalue weighted by molar-refractivity contribution is 8.00. The zero-order valence-electron chi connectivity index (χ0n) is 17.9. The van der Waals surface area contributed by atoms with Crippen molar-refractivity contribution in [1.29, 1.82) is 0 Å². The van der Waals surface area contributed by atoms with Gasteiger partial charge in [0.25, 0.3) is 0 Å². The summed E-state index contributed by atoms with van der Waals surface area (Å²) in [6.07, 6.45) is 0. The lowest BCUT2D eigenvalue weighted by atomic mass is 10.1. The minimum absolute atomic E-state index is 0.0906. The standard InChI is InChI=1S/C23H28N4O2S/c1-5-26(6-2)22(28)20(17-11-9-8-10-12-17)30-23-25-24-21(27(23)7-3)18-13-15-19(29-4)16-14-18/h8-16,20H,5-7H2,1-4H3/t20-/m1/s1. The van der Waals surface area contributed by atoms with Crippen LogP contribution in [0.25, 0.3) is 11.4 Å². The number of carbonyl (C=O) groups is 1. The van der Waals surface area contributed by atoms with E-state index in [1.165, 1.54) is 11.8 Å². The number of rotatable bonds is 9. The fourth-order valence-electron chi connectivity index (χ4n) is 3.31. The lowest BCUT2D eigenvalue weighted by Crippen LogP contribution is -2.34. The molecule has 3 aromatic rings. The van der Waals surface area contributed by atoms with Gasteiger partial charge in [-0.2, -0.15) is 0 Å². The third-order valence-electron chi connectivity index (χ3n) is 5.01. The van der Waals surface area contributed by atoms with E-state index < -0.39 is 0 Å². The van der Waals surface area contributed by atoms with E-state index >= 15 is 0 Å². The quantitative estimate of drug-likeness (QED) is 0.467. The number of thioether (sulfide) groups is 1. The third-order valence-corrected chi connectivity index (χ3v) is 6.23. The Morgan fingerprint density at radius 2 is 1.70 bits per heavy atom. The largest absolute Gasteiger partial charge is 0.497 e. The number of ether oxygens (including phenoxy) is 1. The summed E-state index contributed by atoms with van der Waals surface area (Å²) in [5, 5.41) is 9.23. The highest BCUT2D eigenvalue weighted by Gasteiger charge is 2.28. The van der Waals surface area contributed by atoms with Crippen LogP contribution in [-0.2, 0) is 11.3 Å². The molecule has 0 spiro atoms. The van der Waals surface area contributed by atoms with Crippen LogP contribution in [0.5, 0.6) is 5.75 Å². The number of nitrogens with zero attached hydrogens (tertiary/aromatic N) is 4. The average Bonchev–Trinajstić information content (AvgIpc) is 3.21. The Morgan fingerprint density at radius 3 is 2.27 bits per heavy atom. The molecule has 1 atom stereocenters. The van der Waals surface area contributed by atoms with Crippen LogP contribution in [0.2, 0.25) is 0 Å². The predicted molar refractivity (Wildman–Crippen MR) is 121 cm³/mol. The van der Waals surface area contributed by atoms with Crippen LogP contribution in [0.4, 0.5) is 0 Å². The second-order valence-electron chi connectivity index (χ2n) is 6.70. The highest BCUT2D eigenvalue weighted by atomic mass is 32.2. The summed E-state index contributed by atoms with van der Waals surface area (Å²) in [5.41, 5.74) is 1.93. The van der Waals surface area contributed by atoms with Crippen LogP contribution in [0.3, 0.4) is 0 Å². The van der Waals surface area contributed by atoms with E-state index in [2.05, 4.69) is 21.7 Å². The zero-order valence-corrected chi connectivity index (χ0v) is 18.7. The first kappa shape index (κ1) is 21.9. The number of benzene rings is 2. The number of carbonyl (C=O) groups excluding carboxylic acids is 1. The Morgan fingerprint density at radius 1 is 1.03 bits per heavy atom. The normalized spacial score (nSPS) is 11.9. The summed E-state index contributed by atoms with van der Waals surface area (Å²) in [5.74, 6) is 1.67. The maximum atomic E-state index is 13.3. The number of aromatic nitrogens is 3. The van der Waals surface area contributed by atoms with Gasteiger partial charge in [-0.3, -0.25) is 4.79 Å². The van der Waals surface area contributed by atoms with Crippen molar-refractivity contribution >= 4 is 17.7 Å². The van der Waals surface area contributed by atoms with Crippen molar-refractivity contribution in [1.82, 2.24) is 19.7 Å². The fraction of sp³-hybridized carbons (Fsp3) is 0.348. The summed E-state index contributed by atoms with van der Waals surface area (Å²) in [6.45, 7) is 8.13. The van der Waals surface area contributed by atoms with Gasteiger partial charge in [0.15, 0.2) is 11.0 Å². The molecule has 0 unspecified atom stereocenters. The first-order valence-corrected chi connectivity index (χ1v) is 11.1. The molecule has 6 nitrogen and oxygen atoms in total. The molecule has 0 bridgehead atoms. The first-order chi connectivity index (χ1) is 14.6. The smallest absolute Gasteiger partial charge is 0.240 e. The molecule has 0 aliphatic heterocycles. The van der Waals surface area contributed by atoms with Crippen molar-refractivity contribution < 1.29 is 9.53 Å². The van der Waals surface area contributed by atoms with Gasteiger partial charge >= 0.3 is 0 Å². The van der Waals surface area contributed by atoms with Gasteiger partial charge in [0.2, 0.25) is 5.91 Å². The van der Waals surface area contributed by atoms with Crippen LogP contribution in [-0.4, -0.2) is 45.8 Å². The number of likely N-dealkylation sites (N-methyl/N-ethyl adjacent to an activating group) is 1. The molecule has 30 heavy (non-hydrogen) atoms. The molecule has 0 N–H and O–H groups in total. The number of methoxy groups -OCH3 is 1. The van der Waals surface area contributed by atoms with Crippen molar-refractivity contribution in [3.8, 4) is 17.1 Å². The SMILES string of the molecule is CCN(CC)C(=O)[C@H](Sc1nnc(-c2ccc(OC)cc2)n1CC)c1ccccc1. The van der Waals surface area contributed by atoms with Crippen molar-refractivity contribution in [2.24, 2.45) is 0 Å². The van der Waals surface area contributed by atoms with Gasteiger partial charge in [0.1, 0.15) is 11.0 Å². The summed E-state index contributed by atoms with van der Waals surface area (Å²) in [4.78, 5) is 15.2. The topological polar surface area (TPSA) is 60.3 Å². The van der Waals surface area contributed by atoms with Gasteiger partial charge in [0.05, 0.1) is 7.11 Å². The van der Waals surface area contributed by atoms with Crippen LogP contribution < -0.4 is 4.74 Å². The molecular weight excluding hydrogens is 396 g/mol. The highest BCUT2D eigenvalue weighted by Crippen LogP contribution is 2.37. The molecule has 7 heteroatoms. The fourth-order valence-corrected chi connectivity index (χ4v) is 4.49. The van der Waals surface area contributed by atoms with Gasteiger partial charge in [0, 0.05) is 25.2 Å². The summed E-state index contributed by atoms with van der Waals surface area (Å²) >= 11 is 1.46. The van der Waals surface area contributed by atoms with E-state index in [4.69, 9.17) is 4.74 Å². The molecule has 0 saturated heterocycles. The molecule has 0 fully saturated rings. The van der Waals surface area contributed by atoms with E-state index in [-0.39, 0.29) is 11.2 Å². The van der Waals surface area contributed by atoms with E-state index in [9.17, 15) is 4.79 Å². The molecule has 0 saturated carbocycles. The molecule has 0 aliphatic carbocycles. The monoisotopic (exact) mass is 424 g/mol. The van der Waals surface area contributed by atoms with E-state index in [1.54, 1.807) is 7.11 Å². The summed E-state index contributed by atoms with van der Waals surface area (Å²) in [7, 11) is 1.65. The van der Waals surface area contributed by atoms with Crippen molar-refractivity contribution in [3.05, 3.63) is 60.2 Å². The lowest BCUT2D eigenvalue weighted by Gasteiger charge is -2.25. The Bertz CT molecular complexity index is 953. The molecule has 0 aliphatic rings. The Hall–Kier alpha value is -2.80. The molecule has 1 heterocycles. The maximum absolute atomic E-state index is 13.3. The van der Waals surface area contributed by atoms with Gasteiger partial charge in [-0.05, 0) is 50.6 Å². The van der Waals surface area contributed by atoms with Crippen LogP contribution in [0.1, 0.15) is 31.6 Å². The third kappa shape index (κ3) is 4.67. The number of hydrogen-bond acceptors (Lipinski definition) is 5. The van der Waals surface area contributed by atoms with E-state index in [1.807, 2.05) is 73.3 Å². The van der Waals surface area contributed by atoms with Crippen LogP contribution in [0, 0.1) is 0 Å². The van der Waals surface area contributed by atoms with Gasteiger partial charge < -0.3 is 14.2 Å². The number of amides is 1. The molecule has 0 radical (unpaired) electrons. The second kappa shape index (κ2) is 10.3. The zero-order chi connectivity index (χ0) is 21.5. The summed E-state index contributed by atoms with van der Waals surface area (Å²) < 4.78 is 7.30. The Kier molecular flexibility index (Phi) is 7.52. The van der Waals surface area contributed by atoms with E-state index in [0.717, 1.165) is 27.9 Å². The molecule has 1 amide bonds. The first-order valence-electron chi connectivity index (χ1n) is 10.2. The lowest BCUT2D eigenvalue weighted by molar-refractivity contribution is -0.130. The second-order valence-corrected chi connectivity index (χ2v) is 7.77. The predicted octanol–water partition coefficient (Wildman–Crippen LogP) is 4.68. The van der Waals surface area contributed by atoms with Crippen LogP contribution >= 0.6 is 11.8 Å². The molecule has 158 valence electrons. The minimum atomic E-state index is -0.371. The van der Waals surface area contributed by atoms with Gasteiger partial charge in [-0.25, -0.2) is 0 Å². The van der Waals surface area contributed by atoms with E-state index in [0.29, 0.717) is 19.6 Å². The van der Waals surface area contributed by atoms with Crippen molar-refractivity contribution in [2.45, 2.75) is 37.7 Å². The van der Waals surface area contributed by atoms with Gasteiger partial charge in [-0.1, -0.05) is 42.1 Å². The summed E-state index contributed by atoms with van der Waals surface area (Å²) in [6, 6.07) is 17.6. The van der Waals surface area contributed by atoms with Crippen molar-refractivity contribution in [3.63, 3.8) is 0 Å². The molecular formula is C23H28N4O2S. The van der Waals surface area contributed by atoms with Gasteiger partial charge in [-0.15, -0.1) is 10.2 Å². The molecule has 2 aromatic carbocycles. The molecule has 1 aromatic heterocycles. The Balaban J connectivity index is 1.96. The molecule has 3 rings (SSSR count). The van der Waals surface area contributed by atoms with Crippen molar-refractivity contribution in [2.75, 3.05) is 20.2 Å². The average molecular weight is 425 g/mol. The minimum Gasteiger partial charge on any atom is -0.497 e.